The summed E-state index contributed by atoms with van der Waals surface area (Å²) in [6.45, 7) is 7.81. The molecular weight excluding hydrogens is 300 g/mol. The number of hydrogen-bond donors (Lipinski definition) is 0. The maximum absolute atomic E-state index is 13.0. The van der Waals surface area contributed by atoms with Crippen molar-refractivity contribution in [2.45, 2.75) is 45.1 Å². The highest BCUT2D eigenvalue weighted by atomic mass is 16.2. The lowest BCUT2D eigenvalue weighted by atomic mass is 10.1. The van der Waals surface area contributed by atoms with Crippen LogP contribution in [0.1, 0.15) is 39.0 Å². The van der Waals surface area contributed by atoms with Crippen LogP contribution in [0.5, 0.6) is 0 Å². The Hall–Kier alpha value is -1.62. The smallest absolute Gasteiger partial charge is 0.239 e. The molecule has 3 heterocycles. The number of rotatable bonds is 4. The van der Waals surface area contributed by atoms with Crippen molar-refractivity contribution < 1.29 is 4.79 Å². The third kappa shape index (κ3) is 4.07. The molecule has 132 valence electrons. The maximum Gasteiger partial charge on any atom is 0.239 e. The van der Waals surface area contributed by atoms with Crippen LogP contribution < -0.4 is 4.90 Å². The van der Waals surface area contributed by atoms with E-state index in [0.29, 0.717) is 5.91 Å². The van der Waals surface area contributed by atoms with Crippen LogP contribution in [0.15, 0.2) is 24.4 Å². The minimum Gasteiger partial charge on any atom is -0.354 e. The summed E-state index contributed by atoms with van der Waals surface area (Å²) < 4.78 is 0. The number of hydrogen-bond acceptors (Lipinski definition) is 4. The molecule has 0 aliphatic carbocycles. The third-order valence-corrected chi connectivity index (χ3v) is 5.32. The summed E-state index contributed by atoms with van der Waals surface area (Å²) in [6, 6.07) is 6.10. The molecule has 0 aromatic carbocycles. The Labute approximate surface area is 145 Å². The molecular formula is C19H30N4O. The van der Waals surface area contributed by atoms with Crippen LogP contribution in [-0.2, 0) is 4.79 Å². The molecule has 0 radical (unpaired) electrons. The van der Waals surface area contributed by atoms with E-state index in [4.69, 9.17) is 0 Å². The molecule has 1 aromatic rings. The Balaban J connectivity index is 1.57. The van der Waals surface area contributed by atoms with Gasteiger partial charge in [0.05, 0.1) is 6.04 Å². The van der Waals surface area contributed by atoms with Gasteiger partial charge in [-0.2, -0.15) is 0 Å². The first-order valence-electron chi connectivity index (χ1n) is 9.48. The minimum atomic E-state index is 0.0500. The molecule has 2 aliphatic heterocycles. The van der Waals surface area contributed by atoms with Crippen molar-refractivity contribution >= 4 is 11.7 Å². The molecule has 0 spiro atoms. The summed E-state index contributed by atoms with van der Waals surface area (Å²) in [7, 11) is 0. The van der Waals surface area contributed by atoms with Crippen molar-refractivity contribution in [3.63, 3.8) is 0 Å². The number of pyridine rings is 1. The second-order valence-corrected chi connectivity index (χ2v) is 6.87. The van der Waals surface area contributed by atoms with Crippen LogP contribution in [0.3, 0.4) is 0 Å². The van der Waals surface area contributed by atoms with Gasteiger partial charge in [-0.15, -0.1) is 0 Å². The fraction of sp³-hybridized carbons (Fsp3) is 0.684. The summed E-state index contributed by atoms with van der Waals surface area (Å²) in [5, 5.41) is 0. The van der Waals surface area contributed by atoms with Crippen molar-refractivity contribution in [3.8, 4) is 0 Å². The number of likely N-dealkylation sites (tertiary alicyclic amines) is 1. The van der Waals surface area contributed by atoms with Gasteiger partial charge in [-0.3, -0.25) is 9.69 Å². The molecule has 0 bridgehead atoms. The maximum atomic E-state index is 13.0. The lowest BCUT2D eigenvalue weighted by molar-refractivity contribution is -0.137. The third-order valence-electron chi connectivity index (χ3n) is 5.32. The Morgan fingerprint density at radius 1 is 1.04 bits per heavy atom. The van der Waals surface area contributed by atoms with Crippen LogP contribution >= 0.6 is 0 Å². The predicted molar refractivity (Wildman–Crippen MR) is 97.2 cm³/mol. The molecule has 3 rings (SSSR count). The van der Waals surface area contributed by atoms with Crippen molar-refractivity contribution in [3.05, 3.63) is 24.4 Å². The number of nitrogens with zero attached hydrogens (tertiary/aromatic N) is 4. The van der Waals surface area contributed by atoms with E-state index in [1.807, 2.05) is 18.3 Å². The molecule has 2 aliphatic rings. The Morgan fingerprint density at radius 2 is 1.75 bits per heavy atom. The number of carbonyl (C=O) groups excluding carboxylic acids is 1. The van der Waals surface area contributed by atoms with E-state index in [-0.39, 0.29) is 6.04 Å². The first-order valence-corrected chi connectivity index (χ1v) is 9.48. The van der Waals surface area contributed by atoms with Crippen molar-refractivity contribution in [1.29, 1.82) is 0 Å². The van der Waals surface area contributed by atoms with Crippen molar-refractivity contribution in [2.24, 2.45) is 0 Å². The summed E-state index contributed by atoms with van der Waals surface area (Å²) in [4.78, 5) is 24.3. The van der Waals surface area contributed by atoms with Gasteiger partial charge in [-0.25, -0.2) is 4.98 Å². The average molecular weight is 330 g/mol. The quantitative estimate of drug-likeness (QED) is 0.850. The summed E-state index contributed by atoms with van der Waals surface area (Å²) in [5.41, 5.74) is 0. The van der Waals surface area contributed by atoms with Gasteiger partial charge in [0.15, 0.2) is 0 Å². The van der Waals surface area contributed by atoms with Crippen LogP contribution in [0.25, 0.3) is 0 Å². The predicted octanol–water partition coefficient (Wildman–Crippen LogP) is 2.38. The molecule has 2 fully saturated rings. The second-order valence-electron chi connectivity index (χ2n) is 6.87. The van der Waals surface area contributed by atoms with Gasteiger partial charge in [0, 0.05) is 45.5 Å². The monoisotopic (exact) mass is 330 g/mol. The molecule has 1 amide bonds. The Morgan fingerprint density at radius 3 is 2.33 bits per heavy atom. The molecule has 5 nitrogen and oxygen atoms in total. The molecule has 2 saturated heterocycles. The lowest BCUT2D eigenvalue weighted by Gasteiger charge is -2.40. The number of piperazine rings is 1. The number of anilines is 1. The highest BCUT2D eigenvalue weighted by molar-refractivity contribution is 5.82. The van der Waals surface area contributed by atoms with Crippen LogP contribution in [0.2, 0.25) is 0 Å². The first kappa shape index (κ1) is 17.2. The largest absolute Gasteiger partial charge is 0.354 e. The Bertz CT molecular complexity index is 505. The molecule has 1 aromatic heterocycles. The van der Waals surface area contributed by atoms with E-state index in [9.17, 15) is 4.79 Å². The second kappa shape index (κ2) is 8.47. The summed E-state index contributed by atoms with van der Waals surface area (Å²) >= 11 is 0. The van der Waals surface area contributed by atoms with Gasteiger partial charge in [-0.05, 0) is 31.4 Å². The normalized spacial score (nSPS) is 21.4. The van der Waals surface area contributed by atoms with E-state index < -0.39 is 0 Å². The molecule has 1 atom stereocenters. The SMILES string of the molecule is CCC(C(=O)N1CCCCCC1)N1CCN(c2ccccn2)CC1. The molecule has 5 heteroatoms. The van der Waals surface area contributed by atoms with Crippen LogP contribution in [-0.4, -0.2) is 66.0 Å². The standard InChI is InChI=1S/C19H30N4O/c1-2-17(19(24)23-11-7-3-4-8-12-23)21-13-15-22(16-14-21)18-9-5-6-10-20-18/h5-6,9-10,17H,2-4,7-8,11-16H2,1H3. The van der Waals surface area contributed by atoms with Gasteiger partial charge in [0.2, 0.25) is 5.91 Å². The van der Waals surface area contributed by atoms with Crippen molar-refractivity contribution in [2.75, 3.05) is 44.2 Å². The average Bonchev–Trinajstić information content (AvgIpc) is 2.93. The first-order chi connectivity index (χ1) is 11.8. The lowest BCUT2D eigenvalue weighted by Crippen LogP contribution is -2.55. The molecule has 24 heavy (non-hydrogen) atoms. The fourth-order valence-corrected chi connectivity index (χ4v) is 3.89. The highest BCUT2D eigenvalue weighted by Crippen LogP contribution is 2.18. The zero-order chi connectivity index (χ0) is 16.8. The van der Waals surface area contributed by atoms with Crippen LogP contribution in [0.4, 0.5) is 5.82 Å². The fourth-order valence-electron chi connectivity index (χ4n) is 3.89. The number of carbonyl (C=O) groups is 1. The number of amides is 1. The molecule has 0 saturated carbocycles. The van der Waals surface area contributed by atoms with E-state index >= 15 is 0 Å². The van der Waals surface area contributed by atoms with E-state index in [1.54, 1.807) is 0 Å². The Kier molecular flexibility index (Phi) is 6.07. The number of aromatic nitrogens is 1. The van der Waals surface area contributed by atoms with Gasteiger partial charge in [-0.1, -0.05) is 25.8 Å². The van der Waals surface area contributed by atoms with E-state index in [0.717, 1.165) is 64.3 Å². The topological polar surface area (TPSA) is 39.7 Å². The molecule has 0 N–H and O–H groups in total. The van der Waals surface area contributed by atoms with Gasteiger partial charge in [0.25, 0.3) is 0 Å². The van der Waals surface area contributed by atoms with Gasteiger partial charge < -0.3 is 9.80 Å². The van der Waals surface area contributed by atoms with Gasteiger partial charge >= 0.3 is 0 Å². The van der Waals surface area contributed by atoms with Crippen LogP contribution in [0, 0.1) is 0 Å². The van der Waals surface area contributed by atoms with Gasteiger partial charge in [0.1, 0.15) is 5.82 Å². The summed E-state index contributed by atoms with van der Waals surface area (Å²) in [5.74, 6) is 1.40. The minimum absolute atomic E-state index is 0.0500. The van der Waals surface area contributed by atoms with Crippen molar-refractivity contribution in [1.82, 2.24) is 14.8 Å². The summed E-state index contributed by atoms with van der Waals surface area (Å²) in [6.07, 6.45) is 7.61. The highest BCUT2D eigenvalue weighted by Gasteiger charge is 2.31. The molecule has 1 unspecified atom stereocenters. The zero-order valence-electron chi connectivity index (χ0n) is 14.9. The zero-order valence-corrected chi connectivity index (χ0v) is 14.9. The van der Waals surface area contributed by atoms with E-state index in [1.165, 1.54) is 12.8 Å². The van der Waals surface area contributed by atoms with E-state index in [2.05, 4.69) is 32.7 Å².